The summed E-state index contributed by atoms with van der Waals surface area (Å²) in [5, 5.41) is 1.53. The molecule has 0 N–H and O–H groups in total. The molecule has 4 rings (SSSR count). The molecule has 166 valence electrons. The van der Waals surface area contributed by atoms with Gasteiger partial charge in [-0.3, -0.25) is 4.31 Å². The van der Waals surface area contributed by atoms with Gasteiger partial charge in [-0.05, 0) is 57.2 Å². The predicted octanol–water partition coefficient (Wildman–Crippen LogP) is 5.43. The summed E-state index contributed by atoms with van der Waals surface area (Å²) in [5.74, 6) is 0. The highest BCUT2D eigenvalue weighted by molar-refractivity contribution is 7.94. The highest BCUT2D eigenvalue weighted by Gasteiger charge is 2.36. The number of fused-ring (bicyclic) bond motifs is 2. The lowest BCUT2D eigenvalue weighted by atomic mass is 9.96. The first-order valence-electron chi connectivity index (χ1n) is 9.99. The molecule has 0 atom stereocenters. The Morgan fingerprint density at radius 3 is 2.28 bits per heavy atom. The molecule has 0 unspecified atom stereocenters. The molecular weight excluding hydrogens is 466 g/mol. The van der Waals surface area contributed by atoms with E-state index in [1.165, 1.54) is 22.5 Å². The molecule has 1 heterocycles. The van der Waals surface area contributed by atoms with Crippen LogP contribution in [0.25, 0.3) is 5.57 Å². The van der Waals surface area contributed by atoms with Crippen molar-refractivity contribution in [2.24, 2.45) is 0 Å². The van der Waals surface area contributed by atoms with E-state index < -0.39 is 25.9 Å². The Hall–Kier alpha value is -2.61. The van der Waals surface area contributed by atoms with E-state index in [9.17, 15) is 16.8 Å². The van der Waals surface area contributed by atoms with Crippen LogP contribution in [0.1, 0.15) is 30.5 Å². The lowest BCUT2D eigenvalue weighted by Gasteiger charge is -2.28. The number of hydrogen-bond acceptors (Lipinski definition) is 4. The molecule has 5 nitrogen and oxygen atoms in total. The lowest BCUT2D eigenvalue weighted by Crippen LogP contribution is -2.37. The molecule has 0 saturated carbocycles. The topological polar surface area (TPSA) is 71.5 Å². The van der Waals surface area contributed by atoms with E-state index in [1.54, 1.807) is 62.4 Å². The molecule has 3 aromatic carbocycles. The molecular formula is C24H22ClNO4S2. The van der Waals surface area contributed by atoms with Crippen LogP contribution in [0.15, 0.2) is 81.9 Å². The van der Waals surface area contributed by atoms with E-state index >= 15 is 0 Å². The van der Waals surface area contributed by atoms with Gasteiger partial charge in [-0.25, -0.2) is 16.8 Å². The van der Waals surface area contributed by atoms with Crippen molar-refractivity contribution in [2.45, 2.75) is 36.6 Å². The number of rotatable bonds is 3. The zero-order chi connectivity index (χ0) is 23.3. The molecule has 32 heavy (non-hydrogen) atoms. The molecule has 8 heteroatoms. The smallest absolute Gasteiger partial charge is 0.263 e. The summed E-state index contributed by atoms with van der Waals surface area (Å²) in [6.07, 6.45) is 0. The van der Waals surface area contributed by atoms with Crippen LogP contribution in [-0.2, 0) is 19.9 Å². The van der Waals surface area contributed by atoms with E-state index in [-0.39, 0.29) is 15.4 Å². The zero-order valence-electron chi connectivity index (χ0n) is 17.8. The predicted molar refractivity (Wildman–Crippen MR) is 128 cm³/mol. The molecule has 0 spiro atoms. The van der Waals surface area contributed by atoms with Crippen molar-refractivity contribution >= 4 is 42.7 Å². The maximum Gasteiger partial charge on any atom is 0.265 e. The number of sulfonamides is 1. The van der Waals surface area contributed by atoms with Crippen molar-refractivity contribution in [3.63, 3.8) is 0 Å². The first-order chi connectivity index (χ1) is 15.0. The highest BCUT2D eigenvalue weighted by atomic mass is 35.5. The number of aryl methyl sites for hydroxylation is 1. The monoisotopic (exact) mass is 487 g/mol. The van der Waals surface area contributed by atoms with Crippen molar-refractivity contribution in [1.82, 2.24) is 0 Å². The van der Waals surface area contributed by atoms with E-state index in [1.807, 2.05) is 6.92 Å². The van der Waals surface area contributed by atoms with Gasteiger partial charge in [0, 0.05) is 33.2 Å². The van der Waals surface area contributed by atoms with Crippen LogP contribution in [0.3, 0.4) is 0 Å². The SMILES string of the molecule is Cc1ccc2c(c1)/C(=C/S(=O)(=O)c1ccccc1)c1cc(Cl)ccc1N(C(C)C)S2(=O)=O. The number of sulfone groups is 1. The van der Waals surface area contributed by atoms with Gasteiger partial charge in [-0.1, -0.05) is 47.5 Å². The van der Waals surface area contributed by atoms with E-state index in [0.717, 1.165) is 11.0 Å². The summed E-state index contributed by atoms with van der Waals surface area (Å²) in [7, 11) is -7.84. The van der Waals surface area contributed by atoms with Crippen LogP contribution in [0.5, 0.6) is 0 Å². The van der Waals surface area contributed by atoms with E-state index in [4.69, 9.17) is 11.6 Å². The number of benzene rings is 3. The van der Waals surface area contributed by atoms with Crippen molar-refractivity contribution in [3.8, 4) is 0 Å². The Bertz CT molecular complexity index is 1440. The third-order valence-electron chi connectivity index (χ3n) is 5.26. The van der Waals surface area contributed by atoms with Gasteiger partial charge in [-0.2, -0.15) is 0 Å². The zero-order valence-corrected chi connectivity index (χ0v) is 20.2. The van der Waals surface area contributed by atoms with E-state index in [0.29, 0.717) is 21.8 Å². The largest absolute Gasteiger partial charge is 0.265 e. The van der Waals surface area contributed by atoms with Gasteiger partial charge in [0.2, 0.25) is 0 Å². The average Bonchev–Trinajstić information content (AvgIpc) is 2.80. The molecule has 0 aliphatic carbocycles. The normalized spacial score (nSPS) is 16.5. The lowest BCUT2D eigenvalue weighted by molar-refractivity contribution is 0.584. The molecule has 1 aliphatic rings. The van der Waals surface area contributed by atoms with Gasteiger partial charge >= 0.3 is 0 Å². The van der Waals surface area contributed by atoms with Gasteiger partial charge in [0.1, 0.15) is 0 Å². The van der Waals surface area contributed by atoms with Crippen LogP contribution in [0.4, 0.5) is 5.69 Å². The molecule has 0 radical (unpaired) electrons. The molecule has 1 aliphatic heterocycles. The second-order valence-electron chi connectivity index (χ2n) is 7.95. The Balaban J connectivity index is 2.16. The summed E-state index contributed by atoms with van der Waals surface area (Å²) < 4.78 is 55.4. The first kappa shape index (κ1) is 22.6. The van der Waals surface area contributed by atoms with Crippen LogP contribution in [-0.4, -0.2) is 22.9 Å². The fourth-order valence-corrected chi connectivity index (χ4v) is 7.17. The second kappa shape index (κ2) is 8.06. The van der Waals surface area contributed by atoms with Crippen LogP contribution in [0.2, 0.25) is 5.02 Å². The van der Waals surface area contributed by atoms with Crippen LogP contribution < -0.4 is 4.31 Å². The van der Waals surface area contributed by atoms with Gasteiger partial charge in [0.15, 0.2) is 9.84 Å². The molecule has 0 bridgehead atoms. The Morgan fingerprint density at radius 1 is 0.938 bits per heavy atom. The minimum atomic E-state index is -3.96. The van der Waals surface area contributed by atoms with E-state index in [2.05, 4.69) is 0 Å². The second-order valence-corrected chi connectivity index (χ2v) is 12.0. The molecule has 3 aromatic rings. The first-order valence-corrected chi connectivity index (χ1v) is 13.4. The van der Waals surface area contributed by atoms with Crippen molar-refractivity contribution in [2.75, 3.05) is 4.31 Å². The maximum atomic E-state index is 13.7. The quantitative estimate of drug-likeness (QED) is 0.494. The van der Waals surface area contributed by atoms with Gasteiger partial charge < -0.3 is 0 Å². The Morgan fingerprint density at radius 2 is 1.62 bits per heavy atom. The third-order valence-corrected chi connectivity index (χ3v) is 9.02. The van der Waals surface area contributed by atoms with Gasteiger partial charge in [0.25, 0.3) is 10.0 Å². The summed E-state index contributed by atoms with van der Waals surface area (Å²) in [5.41, 5.74) is 2.25. The highest BCUT2D eigenvalue weighted by Crippen LogP contribution is 2.44. The summed E-state index contributed by atoms with van der Waals surface area (Å²) in [6, 6.07) is 17.4. The van der Waals surface area contributed by atoms with Crippen LogP contribution in [0, 0.1) is 6.92 Å². The fraction of sp³-hybridized carbons (Fsp3) is 0.167. The van der Waals surface area contributed by atoms with Crippen molar-refractivity contribution in [3.05, 3.63) is 93.9 Å². The van der Waals surface area contributed by atoms with Gasteiger partial charge in [0.05, 0.1) is 15.5 Å². The van der Waals surface area contributed by atoms with Crippen LogP contribution >= 0.6 is 11.6 Å². The fourth-order valence-electron chi connectivity index (χ4n) is 3.89. The Kier molecular flexibility index (Phi) is 5.69. The standard InChI is InChI=1S/C24H22ClNO4S2/c1-16(2)26-23-11-10-18(25)14-20(23)22(15-31(27,28)19-7-5-4-6-8-19)21-13-17(3)9-12-24(21)32(26,29)30/h4-16H,1-3H3/b22-15+. The van der Waals surface area contributed by atoms with Crippen molar-refractivity contribution < 1.29 is 16.8 Å². The maximum absolute atomic E-state index is 13.7. The Labute approximate surface area is 193 Å². The molecule has 0 saturated heterocycles. The molecule has 0 amide bonds. The number of hydrogen-bond donors (Lipinski definition) is 0. The number of anilines is 1. The third kappa shape index (κ3) is 3.85. The minimum Gasteiger partial charge on any atom is -0.263 e. The van der Waals surface area contributed by atoms with Crippen molar-refractivity contribution in [1.29, 1.82) is 0 Å². The minimum absolute atomic E-state index is 0.0543. The molecule has 0 aromatic heterocycles. The number of halogens is 1. The summed E-state index contributed by atoms with van der Waals surface area (Å²) in [4.78, 5) is 0.178. The number of nitrogens with zero attached hydrogens (tertiary/aromatic N) is 1. The van der Waals surface area contributed by atoms with Gasteiger partial charge in [-0.15, -0.1) is 0 Å². The molecule has 0 fully saturated rings. The average molecular weight is 488 g/mol. The summed E-state index contributed by atoms with van der Waals surface area (Å²) >= 11 is 6.30. The summed E-state index contributed by atoms with van der Waals surface area (Å²) in [6.45, 7) is 5.39.